The third-order valence-corrected chi connectivity index (χ3v) is 11.5. The van der Waals surface area contributed by atoms with E-state index in [0.29, 0.717) is 33.0 Å². The van der Waals surface area contributed by atoms with Crippen LogP contribution < -0.4 is 4.72 Å². The molecule has 0 aromatic rings. The first kappa shape index (κ1) is 50.2. The van der Waals surface area contributed by atoms with E-state index in [1.165, 1.54) is 167 Å². The Hall–Kier alpha value is -0.770. The van der Waals surface area contributed by atoms with Gasteiger partial charge >= 0.3 is 10.3 Å². The van der Waals surface area contributed by atoms with Gasteiger partial charge in [-0.1, -0.05) is 154 Å². The summed E-state index contributed by atoms with van der Waals surface area (Å²) in [6.45, 7) is 9.30. The van der Waals surface area contributed by atoms with Crippen LogP contribution in [0.2, 0.25) is 0 Å². The largest absolute Gasteiger partial charge is 0.380 e. The van der Waals surface area contributed by atoms with Gasteiger partial charge < -0.3 is 14.4 Å². The second kappa shape index (κ2) is 39.5. The summed E-state index contributed by atoms with van der Waals surface area (Å²) in [5.74, 6) is 0. The summed E-state index contributed by atoms with van der Waals surface area (Å²) >= 11 is 0. The van der Waals surface area contributed by atoms with E-state index in [9.17, 15) is 8.42 Å². The van der Waals surface area contributed by atoms with Crippen molar-refractivity contribution in [2.75, 3.05) is 52.7 Å². The summed E-state index contributed by atoms with van der Waals surface area (Å²) in [6, 6.07) is -0.449. The Morgan fingerprint density at radius 2 is 0.868 bits per heavy atom. The SMILES string of the molecule is CCCCCCCC/C=C\CCCCCCCCOCC(COCCCCCCCC/C=C\CCCCCCCC)NS(=O)(=O)OCCN1CCCC1. The van der Waals surface area contributed by atoms with Gasteiger partial charge in [-0.2, -0.15) is 13.1 Å². The van der Waals surface area contributed by atoms with E-state index < -0.39 is 16.3 Å². The molecule has 0 aromatic carbocycles. The van der Waals surface area contributed by atoms with Gasteiger partial charge in [-0.05, 0) is 90.1 Å². The van der Waals surface area contributed by atoms with Crippen LogP contribution in [0.1, 0.15) is 206 Å². The lowest BCUT2D eigenvalue weighted by atomic mass is 10.1. The first-order valence-electron chi connectivity index (χ1n) is 22.9. The lowest BCUT2D eigenvalue weighted by Crippen LogP contribution is -2.43. The molecule has 1 rings (SSSR count). The Morgan fingerprint density at radius 3 is 1.26 bits per heavy atom. The number of allylic oxidation sites excluding steroid dienone is 4. The van der Waals surface area contributed by atoms with E-state index >= 15 is 0 Å². The van der Waals surface area contributed by atoms with Crippen LogP contribution in [0, 0.1) is 0 Å². The van der Waals surface area contributed by atoms with Crippen molar-refractivity contribution in [3.8, 4) is 0 Å². The van der Waals surface area contributed by atoms with Crippen molar-refractivity contribution in [3.63, 3.8) is 0 Å². The van der Waals surface area contributed by atoms with Crippen molar-refractivity contribution in [3.05, 3.63) is 24.3 Å². The third-order valence-electron chi connectivity index (χ3n) is 10.4. The molecule has 7 nitrogen and oxygen atoms in total. The summed E-state index contributed by atoms with van der Waals surface area (Å²) in [7, 11) is -3.87. The smallest absolute Gasteiger partial charge is 0.336 e. The molecular weight excluding hydrogens is 681 g/mol. The zero-order valence-corrected chi connectivity index (χ0v) is 36.0. The molecule has 0 spiro atoms. The van der Waals surface area contributed by atoms with E-state index in [2.05, 4.69) is 47.8 Å². The highest BCUT2D eigenvalue weighted by atomic mass is 32.2. The predicted molar refractivity (Wildman–Crippen MR) is 228 cm³/mol. The zero-order chi connectivity index (χ0) is 38.2. The van der Waals surface area contributed by atoms with Crippen LogP contribution in [0.4, 0.5) is 0 Å². The van der Waals surface area contributed by atoms with Crippen molar-refractivity contribution in [1.29, 1.82) is 0 Å². The van der Waals surface area contributed by atoms with Crippen LogP contribution in [0.5, 0.6) is 0 Å². The summed E-state index contributed by atoms with van der Waals surface area (Å²) in [5, 5.41) is 0. The van der Waals surface area contributed by atoms with Crippen molar-refractivity contribution in [2.45, 2.75) is 213 Å². The third kappa shape index (κ3) is 36.6. The standard InChI is InChI=1S/C45H88N2O5S/c1-3-5-7-9-11-13-15-17-19-21-23-25-27-29-31-35-40-50-43-45(46-53(48,49)52-42-39-47-37-33-34-38-47)44-51-41-36-32-30-28-26-24-22-20-18-16-14-12-10-8-6-4-2/h17-20,45-46H,3-16,21-44H2,1-2H3/b19-17-,20-18-. The summed E-state index contributed by atoms with van der Waals surface area (Å²) in [6.07, 6.45) is 47.7. The first-order chi connectivity index (χ1) is 26.1. The quantitative estimate of drug-likeness (QED) is 0.0492. The van der Waals surface area contributed by atoms with Gasteiger partial charge in [0.1, 0.15) is 0 Å². The summed E-state index contributed by atoms with van der Waals surface area (Å²) in [5.41, 5.74) is 0. The summed E-state index contributed by atoms with van der Waals surface area (Å²) in [4.78, 5) is 2.25. The molecule has 0 bridgehead atoms. The highest BCUT2D eigenvalue weighted by Gasteiger charge is 2.20. The van der Waals surface area contributed by atoms with Crippen LogP contribution in [0.25, 0.3) is 0 Å². The van der Waals surface area contributed by atoms with Crippen LogP contribution in [0.15, 0.2) is 24.3 Å². The van der Waals surface area contributed by atoms with E-state index in [4.69, 9.17) is 13.7 Å². The molecule has 53 heavy (non-hydrogen) atoms. The first-order valence-corrected chi connectivity index (χ1v) is 24.3. The molecule has 0 atom stereocenters. The molecule has 1 heterocycles. The minimum Gasteiger partial charge on any atom is -0.380 e. The van der Waals surface area contributed by atoms with Crippen LogP contribution in [0.3, 0.4) is 0 Å². The molecule has 1 fully saturated rings. The van der Waals surface area contributed by atoms with Gasteiger partial charge in [-0.25, -0.2) is 0 Å². The maximum absolute atomic E-state index is 12.7. The monoisotopic (exact) mass is 769 g/mol. The number of hydrogen-bond acceptors (Lipinski definition) is 6. The average Bonchev–Trinajstić information content (AvgIpc) is 3.67. The van der Waals surface area contributed by atoms with Crippen LogP contribution >= 0.6 is 0 Å². The Labute approximate surface area is 330 Å². The van der Waals surface area contributed by atoms with Crippen molar-refractivity contribution in [1.82, 2.24) is 9.62 Å². The number of nitrogens with one attached hydrogen (secondary N) is 1. The number of unbranched alkanes of at least 4 members (excludes halogenated alkanes) is 24. The number of hydrogen-bond donors (Lipinski definition) is 1. The van der Waals surface area contributed by atoms with Crippen LogP contribution in [-0.2, 0) is 24.0 Å². The fourth-order valence-corrected chi connectivity index (χ4v) is 7.90. The molecule has 1 saturated heterocycles. The molecular formula is C45H88N2O5S. The van der Waals surface area contributed by atoms with Gasteiger partial charge in [0.15, 0.2) is 0 Å². The summed E-state index contributed by atoms with van der Waals surface area (Å²) < 4.78 is 45.4. The predicted octanol–water partition coefficient (Wildman–Crippen LogP) is 12.4. The molecule has 1 N–H and O–H groups in total. The molecule has 1 aliphatic rings. The minimum absolute atomic E-state index is 0.175. The van der Waals surface area contributed by atoms with Gasteiger partial charge in [0.2, 0.25) is 0 Å². The number of ether oxygens (including phenoxy) is 2. The molecule has 0 amide bonds. The molecule has 8 heteroatoms. The highest BCUT2D eigenvalue weighted by molar-refractivity contribution is 7.84. The second-order valence-corrected chi connectivity index (χ2v) is 17.0. The lowest BCUT2D eigenvalue weighted by Gasteiger charge is -2.20. The van der Waals surface area contributed by atoms with Crippen LogP contribution in [-0.4, -0.2) is 72.0 Å². The molecule has 0 saturated carbocycles. The number of likely N-dealkylation sites (tertiary alicyclic amines) is 1. The molecule has 0 aromatic heterocycles. The fraction of sp³-hybridized carbons (Fsp3) is 0.911. The number of nitrogens with zero attached hydrogens (tertiary/aromatic N) is 1. The van der Waals surface area contributed by atoms with Crippen molar-refractivity contribution in [2.24, 2.45) is 0 Å². The van der Waals surface area contributed by atoms with Crippen molar-refractivity contribution < 1.29 is 22.1 Å². The Morgan fingerprint density at radius 1 is 0.509 bits per heavy atom. The van der Waals surface area contributed by atoms with Gasteiger partial charge in [0.25, 0.3) is 0 Å². The zero-order valence-electron chi connectivity index (χ0n) is 35.2. The average molecular weight is 769 g/mol. The highest BCUT2D eigenvalue weighted by Crippen LogP contribution is 2.12. The second-order valence-electron chi connectivity index (χ2n) is 15.7. The minimum atomic E-state index is -3.87. The Balaban J connectivity index is 2.14. The fourth-order valence-electron chi connectivity index (χ4n) is 6.99. The molecule has 314 valence electrons. The maximum atomic E-state index is 12.7. The van der Waals surface area contributed by atoms with Gasteiger partial charge in [-0.15, -0.1) is 0 Å². The molecule has 1 aliphatic heterocycles. The lowest BCUT2D eigenvalue weighted by molar-refractivity contribution is 0.0583. The maximum Gasteiger partial charge on any atom is 0.336 e. The van der Waals surface area contributed by atoms with Gasteiger partial charge in [0, 0.05) is 19.8 Å². The topological polar surface area (TPSA) is 77.1 Å². The Bertz CT molecular complexity index is 861. The van der Waals surface area contributed by atoms with E-state index in [0.717, 1.165) is 38.8 Å². The molecule has 0 unspecified atom stereocenters. The Kier molecular flexibility index (Phi) is 37.4. The van der Waals surface area contributed by atoms with E-state index in [1.807, 2.05) is 0 Å². The van der Waals surface area contributed by atoms with Gasteiger partial charge in [-0.3, -0.25) is 4.18 Å². The van der Waals surface area contributed by atoms with Crippen molar-refractivity contribution >= 4 is 10.3 Å². The van der Waals surface area contributed by atoms with E-state index in [-0.39, 0.29) is 6.61 Å². The molecule has 0 aliphatic carbocycles. The van der Waals surface area contributed by atoms with Gasteiger partial charge in [0.05, 0.1) is 25.9 Å². The normalized spacial score (nSPS) is 14.2. The van der Waals surface area contributed by atoms with E-state index in [1.54, 1.807) is 0 Å². The molecule has 0 radical (unpaired) electrons. The number of rotatable bonds is 42.